The quantitative estimate of drug-likeness (QED) is 0.241. The Kier molecular flexibility index (Phi) is 7.39. The van der Waals surface area contributed by atoms with Crippen LogP contribution in [0.15, 0.2) is 72.8 Å². The molecule has 9 nitrogen and oxygen atoms in total. The molecule has 1 saturated heterocycles. The first-order valence-electron chi connectivity index (χ1n) is 14.7. The molecule has 214 valence electrons. The molecule has 0 unspecified atom stereocenters. The van der Waals surface area contributed by atoms with Gasteiger partial charge in [0.2, 0.25) is 0 Å². The van der Waals surface area contributed by atoms with Gasteiger partial charge in [0.05, 0.1) is 5.56 Å². The number of hydrogen-bond acceptors (Lipinski definition) is 9. The predicted molar refractivity (Wildman–Crippen MR) is 164 cm³/mol. The van der Waals surface area contributed by atoms with Crippen LogP contribution in [0.4, 0.5) is 5.69 Å². The molecule has 2 aromatic heterocycles. The van der Waals surface area contributed by atoms with Crippen molar-refractivity contribution in [1.82, 2.24) is 30.3 Å². The Morgan fingerprint density at radius 2 is 1.43 bits per heavy atom. The van der Waals surface area contributed by atoms with Gasteiger partial charge in [-0.2, -0.15) is 0 Å². The molecule has 3 aromatic carbocycles. The zero-order valence-electron chi connectivity index (χ0n) is 23.6. The fraction of sp³-hybridized carbons (Fsp3) is 0.344. The molecule has 0 spiro atoms. The molecular weight excluding hydrogens is 546 g/mol. The zero-order valence-corrected chi connectivity index (χ0v) is 24.4. The molecule has 5 aromatic rings. The molecule has 42 heavy (non-hydrogen) atoms. The highest BCUT2D eigenvalue weighted by Crippen LogP contribution is 2.32. The molecule has 0 radical (unpaired) electrons. The van der Waals surface area contributed by atoms with E-state index in [9.17, 15) is 4.79 Å². The van der Waals surface area contributed by atoms with Gasteiger partial charge in [-0.05, 0) is 85.3 Å². The summed E-state index contributed by atoms with van der Waals surface area (Å²) < 4.78 is 0. The lowest BCUT2D eigenvalue weighted by molar-refractivity contribution is 0.0409. The molecule has 0 N–H and O–H groups in total. The van der Waals surface area contributed by atoms with E-state index in [2.05, 4.69) is 61.5 Å². The van der Waals surface area contributed by atoms with E-state index in [1.807, 2.05) is 30.3 Å². The Morgan fingerprint density at radius 1 is 0.786 bits per heavy atom. The van der Waals surface area contributed by atoms with Crippen LogP contribution in [0.25, 0.3) is 32.2 Å². The maximum Gasteiger partial charge on any atom is 0.365 e. The Bertz CT molecular complexity index is 1670. The molecule has 10 heteroatoms. The Hall–Kier alpha value is -4.15. The minimum absolute atomic E-state index is 0.410. The second kappa shape index (κ2) is 11.6. The Morgan fingerprint density at radius 3 is 2.12 bits per heavy atom. The van der Waals surface area contributed by atoms with E-state index in [0.717, 1.165) is 64.1 Å². The SMILES string of the molecule is C[C@H]1CC[C@@H](N2CCN(c3ccc(-c4nnc(-c5ccc(C(=O)On6nnc7ccccc76)cc5)s4)cc3)CC2)CC1. The topological polar surface area (TPSA) is 89.3 Å². The van der Waals surface area contributed by atoms with Gasteiger partial charge in [-0.3, -0.25) is 4.90 Å². The van der Waals surface area contributed by atoms with Gasteiger partial charge in [0.1, 0.15) is 21.0 Å². The molecule has 0 atom stereocenters. The van der Waals surface area contributed by atoms with Gasteiger partial charge in [-0.15, -0.1) is 15.3 Å². The fourth-order valence-corrected chi connectivity index (χ4v) is 6.87. The number of carbonyl (C=O) groups excluding carboxylic acids is 1. The average molecular weight is 580 g/mol. The van der Waals surface area contributed by atoms with Crippen molar-refractivity contribution in [2.75, 3.05) is 31.1 Å². The van der Waals surface area contributed by atoms with Gasteiger partial charge in [-0.1, -0.05) is 47.4 Å². The average Bonchev–Trinajstić information content (AvgIpc) is 3.70. The Labute approximate surface area is 248 Å². The third kappa shape index (κ3) is 5.52. The van der Waals surface area contributed by atoms with Crippen LogP contribution >= 0.6 is 11.3 Å². The van der Waals surface area contributed by atoms with Gasteiger partial charge >= 0.3 is 5.97 Å². The summed E-state index contributed by atoms with van der Waals surface area (Å²) in [6, 6.07) is 23.9. The van der Waals surface area contributed by atoms with Crippen LogP contribution in [-0.2, 0) is 0 Å². The van der Waals surface area contributed by atoms with E-state index in [1.165, 1.54) is 42.7 Å². The van der Waals surface area contributed by atoms with Crippen molar-refractivity contribution in [2.24, 2.45) is 5.92 Å². The van der Waals surface area contributed by atoms with Crippen molar-refractivity contribution in [3.05, 3.63) is 78.4 Å². The summed E-state index contributed by atoms with van der Waals surface area (Å²) in [7, 11) is 0. The standard InChI is InChI=1S/C32H33N7O2S/c1-22-6-14-26(15-7-22)37-18-20-38(21-19-37)27-16-12-24(13-17-27)31-35-34-30(42-31)23-8-10-25(11-9-23)32(40)41-39-29-5-3-2-4-28(29)33-36-39/h2-5,8-13,16-17,22,26H,6-7,14-15,18-21H2,1H3/t22-,26+. The third-order valence-corrected chi connectivity index (χ3v) is 9.60. The first-order chi connectivity index (χ1) is 20.6. The van der Waals surface area contributed by atoms with Crippen LogP contribution in [-0.4, -0.2) is 68.4 Å². The highest BCUT2D eigenvalue weighted by molar-refractivity contribution is 7.17. The number of benzene rings is 3. The number of hydrogen-bond donors (Lipinski definition) is 0. The molecular formula is C32H33N7O2S. The molecule has 1 saturated carbocycles. The molecule has 0 bridgehead atoms. The normalized spacial score (nSPS) is 19.7. The van der Waals surface area contributed by atoms with E-state index in [1.54, 1.807) is 18.2 Å². The lowest BCUT2D eigenvalue weighted by atomic mass is 9.86. The number of aromatic nitrogens is 5. The second-order valence-corrected chi connectivity index (χ2v) is 12.3. The van der Waals surface area contributed by atoms with Crippen molar-refractivity contribution in [3.8, 4) is 21.1 Å². The number of piperazine rings is 1. The van der Waals surface area contributed by atoms with E-state index in [-0.39, 0.29) is 0 Å². The minimum Gasteiger partial charge on any atom is -0.369 e. The molecule has 1 aliphatic carbocycles. The minimum atomic E-state index is -0.514. The smallest absolute Gasteiger partial charge is 0.365 e. The predicted octanol–water partition coefficient (Wildman–Crippen LogP) is 5.59. The van der Waals surface area contributed by atoms with Crippen LogP contribution in [0.1, 0.15) is 43.0 Å². The van der Waals surface area contributed by atoms with E-state index in [0.29, 0.717) is 16.6 Å². The zero-order chi connectivity index (χ0) is 28.5. The summed E-state index contributed by atoms with van der Waals surface area (Å²) >= 11 is 1.54. The van der Waals surface area contributed by atoms with Crippen molar-refractivity contribution < 1.29 is 9.63 Å². The number of para-hydroxylation sites is 1. The monoisotopic (exact) mass is 579 g/mol. The number of rotatable bonds is 6. The largest absolute Gasteiger partial charge is 0.369 e. The molecule has 3 heterocycles. The number of fused-ring (bicyclic) bond motifs is 1. The maximum absolute atomic E-state index is 12.7. The number of carbonyl (C=O) groups is 1. The van der Waals surface area contributed by atoms with Gasteiger partial charge in [0.25, 0.3) is 0 Å². The molecule has 7 rings (SSSR count). The third-order valence-electron chi connectivity index (χ3n) is 8.58. The fourth-order valence-electron chi connectivity index (χ4n) is 6.02. The number of nitrogens with zero attached hydrogens (tertiary/aromatic N) is 7. The van der Waals surface area contributed by atoms with Gasteiger partial charge < -0.3 is 9.74 Å². The van der Waals surface area contributed by atoms with E-state index < -0.39 is 5.97 Å². The highest BCUT2D eigenvalue weighted by Gasteiger charge is 2.27. The summed E-state index contributed by atoms with van der Waals surface area (Å²) in [6.07, 6.45) is 5.47. The second-order valence-electron chi connectivity index (χ2n) is 11.3. The van der Waals surface area contributed by atoms with Crippen molar-refractivity contribution >= 4 is 34.0 Å². The van der Waals surface area contributed by atoms with Crippen molar-refractivity contribution in [1.29, 1.82) is 0 Å². The Balaban J connectivity index is 0.965. The summed E-state index contributed by atoms with van der Waals surface area (Å²) in [6.45, 7) is 6.84. The first-order valence-corrected chi connectivity index (χ1v) is 15.5. The van der Waals surface area contributed by atoms with Crippen LogP contribution < -0.4 is 9.74 Å². The van der Waals surface area contributed by atoms with Crippen LogP contribution in [0, 0.1) is 5.92 Å². The van der Waals surface area contributed by atoms with Crippen LogP contribution in [0.5, 0.6) is 0 Å². The lowest BCUT2D eigenvalue weighted by Crippen LogP contribution is -2.51. The van der Waals surface area contributed by atoms with Crippen molar-refractivity contribution in [3.63, 3.8) is 0 Å². The van der Waals surface area contributed by atoms with Crippen molar-refractivity contribution in [2.45, 2.75) is 38.6 Å². The number of anilines is 1. The van der Waals surface area contributed by atoms with Crippen LogP contribution in [0.2, 0.25) is 0 Å². The summed E-state index contributed by atoms with van der Waals surface area (Å²) in [5, 5.41) is 18.5. The molecule has 2 aliphatic rings. The summed E-state index contributed by atoms with van der Waals surface area (Å²) in [4.78, 5) is 24.5. The summed E-state index contributed by atoms with van der Waals surface area (Å²) in [5.74, 6) is 0.384. The van der Waals surface area contributed by atoms with Gasteiger partial charge in [-0.25, -0.2) is 4.79 Å². The molecule has 2 fully saturated rings. The first kappa shape index (κ1) is 26.7. The highest BCUT2D eigenvalue weighted by atomic mass is 32.1. The summed E-state index contributed by atoms with van der Waals surface area (Å²) in [5.41, 5.74) is 4.91. The van der Waals surface area contributed by atoms with Gasteiger partial charge in [0.15, 0.2) is 0 Å². The molecule has 0 amide bonds. The molecule has 1 aliphatic heterocycles. The maximum atomic E-state index is 12.7. The van der Waals surface area contributed by atoms with Gasteiger partial charge in [0, 0.05) is 49.0 Å². The lowest BCUT2D eigenvalue weighted by Gasteiger charge is -2.42. The van der Waals surface area contributed by atoms with E-state index >= 15 is 0 Å². The van der Waals surface area contributed by atoms with Crippen LogP contribution in [0.3, 0.4) is 0 Å². The van der Waals surface area contributed by atoms with E-state index in [4.69, 9.17) is 4.84 Å².